The van der Waals surface area contributed by atoms with Crippen LogP contribution >= 0.6 is 7.94 Å². The molecule has 72 valence electrons. The largest absolute Gasteiger partial charge is 0.464 e. The Morgan fingerprint density at radius 1 is 1.33 bits per heavy atom. The van der Waals surface area contributed by atoms with E-state index < -0.39 is 7.94 Å². The molecule has 0 spiro atoms. The van der Waals surface area contributed by atoms with Crippen LogP contribution in [0.2, 0.25) is 0 Å². The third-order valence-corrected chi connectivity index (χ3v) is 3.29. The second-order valence-electron chi connectivity index (χ2n) is 2.00. The lowest BCUT2D eigenvalue weighted by Crippen LogP contribution is -2.10. The van der Waals surface area contributed by atoms with E-state index in [0.717, 1.165) is 0 Å². The smallest absolute Gasteiger partial charge is 0.408 e. The van der Waals surface area contributed by atoms with Crippen molar-refractivity contribution in [1.29, 1.82) is 0 Å². The van der Waals surface area contributed by atoms with Gasteiger partial charge >= 0.3 is 7.94 Å². The zero-order valence-corrected chi connectivity index (χ0v) is 8.41. The van der Waals surface area contributed by atoms with Gasteiger partial charge in [-0.1, -0.05) is 0 Å². The Morgan fingerprint density at radius 3 is 2.00 bits per heavy atom. The molecule has 2 N–H and O–H groups in total. The zero-order chi connectivity index (χ0) is 9.61. The molecule has 0 fully saturated rings. The molecule has 5 nitrogen and oxygen atoms in total. The van der Waals surface area contributed by atoms with Gasteiger partial charge in [0.2, 0.25) is 0 Å². The third-order valence-electron chi connectivity index (χ3n) is 1.16. The van der Waals surface area contributed by atoms with Crippen molar-refractivity contribution in [2.45, 2.75) is 20.8 Å². The van der Waals surface area contributed by atoms with E-state index in [-0.39, 0.29) is 5.45 Å². The van der Waals surface area contributed by atoms with Crippen molar-refractivity contribution in [2.24, 2.45) is 5.16 Å². The Kier molecular flexibility index (Phi) is 5.33. The SMILES string of the molecule is CCO[P+](O)(OCC)C(C)=NO. The van der Waals surface area contributed by atoms with Crippen molar-refractivity contribution in [3.8, 4) is 0 Å². The number of nitrogens with zero attached hydrogens (tertiary/aromatic N) is 1. The highest BCUT2D eigenvalue weighted by molar-refractivity contribution is 7.78. The summed E-state index contributed by atoms with van der Waals surface area (Å²) in [5.74, 6) is 0. The van der Waals surface area contributed by atoms with Crippen molar-refractivity contribution in [1.82, 2.24) is 0 Å². The molecule has 0 aliphatic carbocycles. The number of oxime groups is 1. The van der Waals surface area contributed by atoms with Crippen LogP contribution in [-0.2, 0) is 9.05 Å². The molecule has 0 aromatic heterocycles. The molecule has 0 radical (unpaired) electrons. The third kappa shape index (κ3) is 3.03. The van der Waals surface area contributed by atoms with Crippen LogP contribution < -0.4 is 0 Å². The highest BCUT2D eigenvalue weighted by atomic mass is 31.2. The van der Waals surface area contributed by atoms with Gasteiger partial charge in [-0.2, -0.15) is 13.9 Å². The van der Waals surface area contributed by atoms with Crippen molar-refractivity contribution in [3.05, 3.63) is 0 Å². The van der Waals surface area contributed by atoms with Gasteiger partial charge in [0.25, 0.3) is 5.45 Å². The van der Waals surface area contributed by atoms with Crippen LogP contribution in [0, 0.1) is 0 Å². The van der Waals surface area contributed by atoms with Crippen LogP contribution in [0.15, 0.2) is 5.16 Å². The first-order valence-electron chi connectivity index (χ1n) is 3.70. The van der Waals surface area contributed by atoms with Crippen LogP contribution in [0.25, 0.3) is 0 Å². The zero-order valence-electron chi connectivity index (χ0n) is 7.52. The van der Waals surface area contributed by atoms with Crippen LogP contribution in [0.3, 0.4) is 0 Å². The fraction of sp³-hybridized carbons (Fsp3) is 0.833. The normalized spacial score (nSPS) is 13.5. The molecule has 0 bridgehead atoms. The second-order valence-corrected chi connectivity index (χ2v) is 4.21. The van der Waals surface area contributed by atoms with Crippen LogP contribution in [0.1, 0.15) is 20.8 Å². The van der Waals surface area contributed by atoms with E-state index in [1.54, 1.807) is 13.8 Å². The molecule has 0 saturated heterocycles. The molecule has 0 unspecified atom stereocenters. The summed E-state index contributed by atoms with van der Waals surface area (Å²) in [5, 5.41) is 11.3. The highest BCUT2D eigenvalue weighted by Gasteiger charge is 2.45. The van der Waals surface area contributed by atoms with Gasteiger partial charge in [-0.3, -0.25) is 0 Å². The number of hydrogen-bond acceptors (Lipinski definition) is 5. The standard InChI is InChI=1S/C6H14NO4P/c1-4-10-12(9,11-5-2)6(3)7-8/h9H,4-5H2,1-3H3/p+1. The minimum atomic E-state index is -3.06. The minimum absolute atomic E-state index is 0.0891. The molecule has 0 amide bonds. The average molecular weight is 196 g/mol. The Hall–Kier alpha value is -0.220. The molecule has 6 heteroatoms. The lowest BCUT2D eigenvalue weighted by atomic mass is 10.9. The first-order chi connectivity index (χ1) is 5.60. The van der Waals surface area contributed by atoms with Crippen molar-refractivity contribution >= 4 is 13.4 Å². The van der Waals surface area contributed by atoms with Gasteiger partial charge in [0, 0.05) is 6.92 Å². The average Bonchev–Trinajstić information content (AvgIpc) is 2.04. The van der Waals surface area contributed by atoms with Crippen LogP contribution in [0.5, 0.6) is 0 Å². The summed E-state index contributed by atoms with van der Waals surface area (Å²) in [6.07, 6.45) is 0. The molecule has 0 atom stereocenters. The first kappa shape index (κ1) is 11.8. The van der Waals surface area contributed by atoms with E-state index in [1.165, 1.54) is 6.92 Å². The molecule has 12 heavy (non-hydrogen) atoms. The Morgan fingerprint density at radius 2 is 1.75 bits per heavy atom. The van der Waals surface area contributed by atoms with Gasteiger partial charge in [-0.15, -0.1) is 0 Å². The van der Waals surface area contributed by atoms with Crippen molar-refractivity contribution in [3.63, 3.8) is 0 Å². The maximum absolute atomic E-state index is 9.66. The summed E-state index contributed by atoms with van der Waals surface area (Å²) < 4.78 is 9.95. The quantitative estimate of drug-likeness (QED) is 0.303. The van der Waals surface area contributed by atoms with E-state index >= 15 is 0 Å². The van der Waals surface area contributed by atoms with Crippen molar-refractivity contribution < 1.29 is 19.1 Å². The number of rotatable bonds is 5. The summed E-state index contributed by atoms with van der Waals surface area (Å²) in [6.45, 7) is 5.55. The van der Waals surface area contributed by atoms with E-state index in [9.17, 15) is 4.89 Å². The Bertz CT molecular complexity index is 156. The molecular weight excluding hydrogens is 181 g/mol. The molecule has 0 rings (SSSR count). The summed E-state index contributed by atoms with van der Waals surface area (Å²) in [7, 11) is -3.06. The molecular formula is C6H15NO4P+. The van der Waals surface area contributed by atoms with Gasteiger partial charge in [0.15, 0.2) is 0 Å². The monoisotopic (exact) mass is 196 g/mol. The van der Waals surface area contributed by atoms with Gasteiger partial charge < -0.3 is 5.21 Å². The molecule has 0 aliphatic heterocycles. The first-order valence-corrected chi connectivity index (χ1v) is 5.28. The Labute approximate surface area is 72.6 Å². The second kappa shape index (κ2) is 5.43. The number of hydrogen-bond donors (Lipinski definition) is 2. The van der Waals surface area contributed by atoms with Gasteiger partial charge in [0.1, 0.15) is 0 Å². The van der Waals surface area contributed by atoms with E-state index in [4.69, 9.17) is 14.3 Å². The fourth-order valence-corrected chi connectivity index (χ4v) is 1.89. The predicted molar refractivity (Wildman–Crippen MR) is 47.3 cm³/mol. The molecule has 0 heterocycles. The van der Waals surface area contributed by atoms with Crippen molar-refractivity contribution in [2.75, 3.05) is 13.2 Å². The van der Waals surface area contributed by atoms with Crippen LogP contribution in [-0.4, -0.2) is 28.8 Å². The van der Waals surface area contributed by atoms with E-state index in [1.807, 2.05) is 0 Å². The molecule has 0 saturated carbocycles. The summed E-state index contributed by atoms with van der Waals surface area (Å²) >= 11 is 0. The topological polar surface area (TPSA) is 71.3 Å². The predicted octanol–water partition coefficient (Wildman–Crippen LogP) is 1.62. The van der Waals surface area contributed by atoms with Gasteiger partial charge in [0.05, 0.1) is 13.2 Å². The maximum atomic E-state index is 9.66. The summed E-state index contributed by atoms with van der Waals surface area (Å²) in [6, 6.07) is 0. The van der Waals surface area contributed by atoms with E-state index in [0.29, 0.717) is 13.2 Å². The molecule has 0 aliphatic rings. The maximum Gasteiger partial charge on any atom is 0.464 e. The van der Waals surface area contributed by atoms with Gasteiger partial charge in [-0.05, 0) is 19.0 Å². The molecule has 0 aromatic rings. The van der Waals surface area contributed by atoms with Crippen LogP contribution in [0.4, 0.5) is 0 Å². The summed E-state index contributed by atoms with van der Waals surface area (Å²) in [4.78, 5) is 9.66. The van der Waals surface area contributed by atoms with E-state index in [2.05, 4.69) is 5.16 Å². The Balaban J connectivity index is 4.37. The lowest BCUT2D eigenvalue weighted by molar-refractivity contribution is 0.201. The van der Waals surface area contributed by atoms with Gasteiger partial charge in [-0.25, -0.2) is 0 Å². The summed E-state index contributed by atoms with van der Waals surface area (Å²) in [5.41, 5.74) is 0.0891. The lowest BCUT2D eigenvalue weighted by Gasteiger charge is -2.12. The minimum Gasteiger partial charge on any atom is -0.408 e. The fourth-order valence-electron chi connectivity index (χ4n) is 0.631. The highest BCUT2D eigenvalue weighted by Crippen LogP contribution is 2.57. The molecule has 0 aromatic carbocycles.